The summed E-state index contributed by atoms with van der Waals surface area (Å²) in [5.41, 5.74) is 8.10. The van der Waals surface area contributed by atoms with E-state index < -0.39 is 0 Å². The zero-order valence-electron chi connectivity index (χ0n) is 13.9. The van der Waals surface area contributed by atoms with Crippen LogP contribution in [-0.4, -0.2) is 40.4 Å². The van der Waals surface area contributed by atoms with Gasteiger partial charge in [0.2, 0.25) is 0 Å². The molecule has 1 aliphatic rings. The summed E-state index contributed by atoms with van der Waals surface area (Å²) in [6.45, 7) is 3.13. The van der Waals surface area contributed by atoms with Crippen molar-refractivity contribution < 1.29 is 9.84 Å². The molecule has 6 N–H and O–H groups in total. The smallest absolute Gasteiger partial charge is 0.200 e. The van der Waals surface area contributed by atoms with Gasteiger partial charge in [0.05, 0.1) is 30.7 Å². The number of hydrogen-bond donors (Lipinski definition) is 5. The minimum absolute atomic E-state index is 0.0179. The van der Waals surface area contributed by atoms with Crippen LogP contribution in [0.3, 0.4) is 0 Å². The average molecular weight is 339 g/mol. The van der Waals surface area contributed by atoms with Gasteiger partial charge in [-0.15, -0.1) is 0 Å². The zero-order chi connectivity index (χ0) is 17.4. The van der Waals surface area contributed by atoms with E-state index in [1.165, 1.54) is 0 Å². The second-order valence-electron chi connectivity index (χ2n) is 6.40. The number of rotatable bonds is 4. The van der Waals surface area contributed by atoms with Crippen LogP contribution in [0.5, 0.6) is 5.88 Å². The zero-order valence-corrected chi connectivity index (χ0v) is 13.9. The molecule has 1 unspecified atom stereocenters. The predicted octanol–water partition coefficient (Wildman–Crippen LogP) is 2.46. The number of anilines is 3. The molecular weight excluding hydrogens is 318 g/mol. The Morgan fingerprint density at radius 1 is 1.32 bits per heavy atom. The van der Waals surface area contributed by atoms with E-state index >= 15 is 0 Å². The molecule has 7 heteroatoms. The molecule has 3 aromatic rings. The van der Waals surface area contributed by atoms with E-state index in [2.05, 4.69) is 20.6 Å². The van der Waals surface area contributed by atoms with Crippen molar-refractivity contribution in [1.29, 1.82) is 0 Å². The van der Waals surface area contributed by atoms with Crippen LogP contribution in [0.25, 0.3) is 10.8 Å². The molecule has 0 bridgehead atoms. The Hall–Kier alpha value is -2.77. The third-order valence-corrected chi connectivity index (χ3v) is 4.39. The molecule has 3 heterocycles. The number of aromatic amines is 1. The summed E-state index contributed by atoms with van der Waals surface area (Å²) in [4.78, 5) is 7.49. The highest BCUT2D eigenvalue weighted by Crippen LogP contribution is 2.34. The Bertz CT molecular complexity index is 908. The van der Waals surface area contributed by atoms with Crippen LogP contribution < -0.4 is 16.4 Å². The number of nitrogens with zero attached hydrogens (tertiary/aromatic N) is 1. The minimum atomic E-state index is -0.0645. The fourth-order valence-electron chi connectivity index (χ4n) is 3.08. The van der Waals surface area contributed by atoms with Crippen molar-refractivity contribution in [2.45, 2.75) is 19.0 Å². The van der Waals surface area contributed by atoms with Crippen LogP contribution in [0, 0.1) is 6.92 Å². The second-order valence-corrected chi connectivity index (χ2v) is 6.40. The van der Waals surface area contributed by atoms with Crippen molar-refractivity contribution in [2.75, 3.05) is 23.8 Å². The number of aromatic nitrogens is 2. The van der Waals surface area contributed by atoms with Gasteiger partial charge in [0, 0.05) is 17.3 Å². The first-order chi connectivity index (χ1) is 12.1. The van der Waals surface area contributed by atoms with Crippen LogP contribution >= 0.6 is 0 Å². The Morgan fingerprint density at radius 2 is 2.20 bits per heavy atom. The maximum atomic E-state index is 10.1. The van der Waals surface area contributed by atoms with Gasteiger partial charge in [0.25, 0.3) is 0 Å². The van der Waals surface area contributed by atoms with Crippen molar-refractivity contribution in [1.82, 2.24) is 9.97 Å². The van der Waals surface area contributed by atoms with Crippen LogP contribution in [0.2, 0.25) is 0 Å². The second kappa shape index (κ2) is 6.27. The molecule has 2 aromatic heterocycles. The monoisotopic (exact) mass is 339 g/mol. The summed E-state index contributed by atoms with van der Waals surface area (Å²) in [7, 11) is 0. The number of nitrogens with two attached hydrogens (primary N) is 1. The Labute approximate surface area is 145 Å². The fourth-order valence-corrected chi connectivity index (χ4v) is 3.08. The molecule has 0 aliphatic carbocycles. The van der Waals surface area contributed by atoms with Crippen LogP contribution in [0.4, 0.5) is 17.3 Å². The van der Waals surface area contributed by atoms with E-state index in [0.29, 0.717) is 30.2 Å². The molecule has 2 atom stereocenters. The molecule has 1 saturated heterocycles. The van der Waals surface area contributed by atoms with Gasteiger partial charge < -0.3 is 31.2 Å². The van der Waals surface area contributed by atoms with Crippen molar-refractivity contribution in [3.63, 3.8) is 0 Å². The third-order valence-electron chi connectivity index (χ3n) is 4.39. The summed E-state index contributed by atoms with van der Waals surface area (Å²) in [5, 5.41) is 18.3. The summed E-state index contributed by atoms with van der Waals surface area (Å²) in [6.07, 6.45) is 1.75. The number of hydrogen-bond acceptors (Lipinski definition) is 6. The van der Waals surface area contributed by atoms with E-state index in [1.807, 2.05) is 37.3 Å². The highest BCUT2D eigenvalue weighted by molar-refractivity contribution is 5.99. The number of aromatic hydroxyl groups is 1. The van der Waals surface area contributed by atoms with Gasteiger partial charge in [-0.25, -0.2) is 4.98 Å². The Morgan fingerprint density at radius 3 is 2.96 bits per heavy atom. The lowest BCUT2D eigenvalue weighted by atomic mass is 10.2. The molecule has 0 amide bonds. The molecule has 7 nitrogen and oxygen atoms in total. The standard InChI is InChI=1S/C18H21N5O2/c1-10-3-2-4-12(5-10)21-17-16-11(7-20-18(16)24)6-15(23-17)22-14-9-25-8-13(14)19/h2-7,13-14,20,22,24H,8-9,19H2,1H3,(H,21,23)/t13-,14?/m0/s1. The number of pyridine rings is 1. The van der Waals surface area contributed by atoms with Gasteiger partial charge in [0.1, 0.15) is 11.6 Å². The van der Waals surface area contributed by atoms with E-state index in [-0.39, 0.29) is 18.0 Å². The van der Waals surface area contributed by atoms with Gasteiger partial charge in [0.15, 0.2) is 5.88 Å². The number of fused-ring (bicyclic) bond motifs is 1. The minimum Gasteiger partial charge on any atom is -0.494 e. The summed E-state index contributed by atoms with van der Waals surface area (Å²) in [6, 6.07) is 9.83. The Kier molecular flexibility index (Phi) is 3.95. The van der Waals surface area contributed by atoms with Gasteiger partial charge >= 0.3 is 0 Å². The van der Waals surface area contributed by atoms with Crippen molar-refractivity contribution in [3.8, 4) is 5.88 Å². The number of benzene rings is 1. The topological polar surface area (TPSA) is 108 Å². The lowest BCUT2D eigenvalue weighted by molar-refractivity contribution is 0.192. The fraction of sp³-hybridized carbons (Fsp3) is 0.278. The predicted molar refractivity (Wildman–Crippen MR) is 98.4 cm³/mol. The largest absolute Gasteiger partial charge is 0.494 e. The van der Waals surface area contributed by atoms with Crippen molar-refractivity contribution in [3.05, 3.63) is 42.1 Å². The van der Waals surface area contributed by atoms with Crippen LogP contribution in [-0.2, 0) is 4.74 Å². The first kappa shape index (κ1) is 15.7. The first-order valence-corrected chi connectivity index (χ1v) is 8.25. The summed E-state index contributed by atoms with van der Waals surface area (Å²) >= 11 is 0. The van der Waals surface area contributed by atoms with Gasteiger partial charge in [-0.05, 0) is 30.7 Å². The molecule has 0 saturated carbocycles. The molecule has 0 radical (unpaired) electrons. The molecular formula is C18H21N5O2. The van der Waals surface area contributed by atoms with E-state index in [0.717, 1.165) is 16.6 Å². The highest BCUT2D eigenvalue weighted by Gasteiger charge is 2.25. The lowest BCUT2D eigenvalue weighted by Crippen LogP contribution is -2.39. The SMILES string of the molecule is Cc1cccc(Nc2nc(NC3COC[C@@H]3N)cc3c[nH]c(O)c23)c1. The molecule has 1 fully saturated rings. The first-order valence-electron chi connectivity index (χ1n) is 8.25. The molecule has 1 aliphatic heterocycles. The number of ether oxygens (including phenoxy) is 1. The number of aryl methyl sites for hydroxylation is 1. The normalized spacial score (nSPS) is 20.1. The maximum absolute atomic E-state index is 10.1. The quantitative estimate of drug-likeness (QED) is 0.500. The van der Waals surface area contributed by atoms with E-state index in [1.54, 1.807) is 6.20 Å². The summed E-state index contributed by atoms with van der Waals surface area (Å²) in [5.74, 6) is 1.36. The number of H-pyrrole nitrogens is 1. The average Bonchev–Trinajstić information content (AvgIpc) is 3.14. The lowest BCUT2D eigenvalue weighted by Gasteiger charge is -2.17. The highest BCUT2D eigenvalue weighted by atomic mass is 16.5. The third kappa shape index (κ3) is 3.11. The van der Waals surface area contributed by atoms with Crippen molar-refractivity contribution >= 4 is 28.1 Å². The van der Waals surface area contributed by atoms with Crippen LogP contribution in [0.1, 0.15) is 5.56 Å². The molecule has 1 aromatic carbocycles. The number of nitrogens with one attached hydrogen (secondary N) is 3. The Balaban J connectivity index is 1.71. The van der Waals surface area contributed by atoms with Crippen molar-refractivity contribution in [2.24, 2.45) is 5.73 Å². The maximum Gasteiger partial charge on any atom is 0.200 e. The molecule has 130 valence electrons. The summed E-state index contributed by atoms with van der Waals surface area (Å²) < 4.78 is 5.40. The van der Waals surface area contributed by atoms with Gasteiger partial charge in [-0.2, -0.15) is 0 Å². The van der Waals surface area contributed by atoms with Gasteiger partial charge in [-0.1, -0.05) is 12.1 Å². The van der Waals surface area contributed by atoms with E-state index in [4.69, 9.17) is 10.5 Å². The molecule has 25 heavy (non-hydrogen) atoms. The van der Waals surface area contributed by atoms with E-state index in [9.17, 15) is 5.11 Å². The van der Waals surface area contributed by atoms with Gasteiger partial charge in [-0.3, -0.25) is 0 Å². The van der Waals surface area contributed by atoms with Crippen LogP contribution in [0.15, 0.2) is 36.5 Å². The molecule has 4 rings (SSSR count). The molecule has 0 spiro atoms.